The fourth-order valence-corrected chi connectivity index (χ4v) is 5.95. The van der Waals surface area contributed by atoms with E-state index in [9.17, 15) is 4.79 Å². The number of nitrogens with zero attached hydrogens (tertiary/aromatic N) is 1. The molecule has 1 heterocycles. The minimum absolute atomic E-state index is 0.00606. The highest BCUT2D eigenvalue weighted by atomic mass is 16.5. The third kappa shape index (κ3) is 7.24. The quantitative estimate of drug-likeness (QED) is 0.441. The molecule has 37 heavy (non-hydrogen) atoms. The van der Waals surface area contributed by atoms with E-state index in [1.165, 1.54) is 43.2 Å². The van der Waals surface area contributed by atoms with Gasteiger partial charge in [0.25, 0.3) is 5.91 Å². The summed E-state index contributed by atoms with van der Waals surface area (Å²) in [6, 6.07) is 15.3. The van der Waals surface area contributed by atoms with Crippen LogP contribution in [-0.2, 0) is 22.5 Å². The van der Waals surface area contributed by atoms with Crippen molar-refractivity contribution in [3.05, 3.63) is 64.7 Å². The molecule has 1 saturated heterocycles. The summed E-state index contributed by atoms with van der Waals surface area (Å²) in [5, 5.41) is 3.13. The zero-order chi connectivity index (χ0) is 25.5. The molecule has 0 atom stereocenters. The molecule has 0 aromatic heterocycles. The van der Waals surface area contributed by atoms with Gasteiger partial charge in [0.2, 0.25) is 0 Å². The van der Waals surface area contributed by atoms with Crippen LogP contribution < -0.4 is 10.1 Å². The van der Waals surface area contributed by atoms with Crippen molar-refractivity contribution in [2.45, 2.75) is 76.8 Å². The number of anilines is 1. The Balaban J connectivity index is 1.19. The highest BCUT2D eigenvalue weighted by Crippen LogP contribution is 2.29. The highest BCUT2D eigenvalue weighted by molar-refractivity contribution is 6.06. The zero-order valence-corrected chi connectivity index (χ0v) is 22.3. The van der Waals surface area contributed by atoms with Crippen molar-refractivity contribution in [1.82, 2.24) is 4.90 Å². The van der Waals surface area contributed by atoms with Crippen LogP contribution >= 0.6 is 0 Å². The Morgan fingerprint density at radius 2 is 1.76 bits per heavy atom. The van der Waals surface area contributed by atoms with E-state index >= 15 is 0 Å². The largest absolute Gasteiger partial charge is 0.493 e. The van der Waals surface area contributed by atoms with Crippen molar-refractivity contribution in [2.75, 3.05) is 32.2 Å². The van der Waals surface area contributed by atoms with Crippen molar-refractivity contribution in [3.63, 3.8) is 0 Å². The van der Waals surface area contributed by atoms with Crippen molar-refractivity contribution in [3.8, 4) is 5.75 Å². The second-order valence-corrected chi connectivity index (χ2v) is 11.1. The monoisotopic (exact) mass is 502 g/mol. The van der Waals surface area contributed by atoms with Gasteiger partial charge in [0.05, 0.1) is 6.61 Å². The maximum atomic E-state index is 13.2. The fourth-order valence-electron chi connectivity index (χ4n) is 5.95. The zero-order valence-electron chi connectivity index (χ0n) is 22.3. The van der Waals surface area contributed by atoms with Crippen LogP contribution in [-0.4, -0.2) is 43.7 Å². The molecule has 2 aromatic carbocycles. The van der Waals surface area contributed by atoms with Crippen LogP contribution in [0.4, 0.5) is 5.69 Å². The number of fused-ring (bicyclic) bond motifs is 1. The summed E-state index contributed by atoms with van der Waals surface area (Å²) in [7, 11) is 2.19. The first-order valence-corrected chi connectivity index (χ1v) is 14.3. The molecular formula is C32H42N2O3. The first-order chi connectivity index (χ1) is 18.1. The van der Waals surface area contributed by atoms with Gasteiger partial charge in [0.1, 0.15) is 5.75 Å². The number of carbonyl (C=O) groups excluding carboxylic acids is 1. The Morgan fingerprint density at radius 3 is 2.54 bits per heavy atom. The Labute approximate surface area is 222 Å². The van der Waals surface area contributed by atoms with Crippen molar-refractivity contribution in [2.24, 2.45) is 5.92 Å². The molecule has 5 heteroatoms. The van der Waals surface area contributed by atoms with Crippen LogP contribution in [0.3, 0.4) is 0 Å². The SMILES string of the molecule is CN(Cc1ccc(NC(=O)C2=Cc3cc(OCC4CCCCC4)ccc3CCC2)cc1)C1CCOCC1. The van der Waals surface area contributed by atoms with Gasteiger partial charge in [0, 0.05) is 37.1 Å². The Morgan fingerprint density at radius 1 is 0.973 bits per heavy atom. The third-order valence-corrected chi connectivity index (χ3v) is 8.30. The van der Waals surface area contributed by atoms with Crippen LogP contribution in [0.5, 0.6) is 5.75 Å². The number of amides is 1. The van der Waals surface area contributed by atoms with Gasteiger partial charge in [-0.25, -0.2) is 0 Å². The smallest absolute Gasteiger partial charge is 0.251 e. The highest BCUT2D eigenvalue weighted by Gasteiger charge is 2.19. The number of nitrogens with one attached hydrogen (secondary N) is 1. The average Bonchev–Trinajstić information content (AvgIpc) is 3.16. The maximum Gasteiger partial charge on any atom is 0.251 e. The number of benzene rings is 2. The summed E-state index contributed by atoms with van der Waals surface area (Å²) in [6.07, 6.45) is 13.6. The van der Waals surface area contributed by atoms with Crippen molar-refractivity contribution in [1.29, 1.82) is 0 Å². The molecule has 2 fully saturated rings. The number of hydrogen-bond acceptors (Lipinski definition) is 4. The summed E-state index contributed by atoms with van der Waals surface area (Å²) in [5.41, 5.74) is 5.36. The number of hydrogen-bond donors (Lipinski definition) is 1. The normalized spacial score (nSPS) is 19.1. The molecular weight excluding hydrogens is 460 g/mol. The predicted molar refractivity (Wildman–Crippen MR) is 150 cm³/mol. The van der Waals surface area contributed by atoms with Gasteiger partial charge in [0.15, 0.2) is 0 Å². The third-order valence-electron chi connectivity index (χ3n) is 8.30. The van der Waals surface area contributed by atoms with Crippen molar-refractivity contribution >= 4 is 17.7 Å². The summed E-state index contributed by atoms with van der Waals surface area (Å²) in [6.45, 7) is 3.42. The van der Waals surface area contributed by atoms with Gasteiger partial charge < -0.3 is 14.8 Å². The number of rotatable bonds is 8. The van der Waals surface area contributed by atoms with Crippen LogP contribution in [0.15, 0.2) is 48.0 Å². The van der Waals surface area contributed by atoms with E-state index in [4.69, 9.17) is 9.47 Å². The van der Waals surface area contributed by atoms with E-state index < -0.39 is 0 Å². The molecule has 5 nitrogen and oxygen atoms in total. The van der Waals surface area contributed by atoms with Crippen LogP contribution in [0, 0.1) is 5.92 Å². The minimum atomic E-state index is -0.00606. The summed E-state index contributed by atoms with van der Waals surface area (Å²) >= 11 is 0. The lowest BCUT2D eigenvalue weighted by Gasteiger charge is -2.31. The van der Waals surface area contributed by atoms with E-state index in [0.29, 0.717) is 12.0 Å². The second kappa shape index (κ2) is 12.7. The van der Waals surface area contributed by atoms with E-state index in [2.05, 4.69) is 53.7 Å². The van der Waals surface area contributed by atoms with E-state index in [-0.39, 0.29) is 5.91 Å². The molecule has 0 spiro atoms. The maximum absolute atomic E-state index is 13.2. The Hall–Kier alpha value is -2.63. The van der Waals surface area contributed by atoms with Crippen molar-refractivity contribution < 1.29 is 14.3 Å². The molecule has 0 unspecified atom stereocenters. The molecule has 3 aliphatic rings. The number of aryl methyl sites for hydroxylation is 1. The molecule has 1 N–H and O–H groups in total. The van der Waals surface area contributed by atoms with Crippen LogP contribution in [0.25, 0.3) is 6.08 Å². The van der Waals surface area contributed by atoms with Gasteiger partial charge >= 0.3 is 0 Å². The molecule has 5 rings (SSSR count). The van der Waals surface area contributed by atoms with Gasteiger partial charge in [-0.1, -0.05) is 37.5 Å². The van der Waals surface area contributed by atoms with Gasteiger partial charge in [-0.2, -0.15) is 0 Å². The fraction of sp³-hybridized carbons (Fsp3) is 0.531. The summed E-state index contributed by atoms with van der Waals surface area (Å²) in [5.74, 6) is 1.59. The molecule has 2 aromatic rings. The van der Waals surface area contributed by atoms with E-state index in [0.717, 1.165) is 81.0 Å². The molecule has 1 saturated carbocycles. The summed E-state index contributed by atoms with van der Waals surface area (Å²) < 4.78 is 11.7. The topological polar surface area (TPSA) is 50.8 Å². The van der Waals surface area contributed by atoms with Gasteiger partial charge in [-0.15, -0.1) is 0 Å². The number of ether oxygens (including phenoxy) is 2. The van der Waals surface area contributed by atoms with E-state index in [1.807, 2.05) is 12.1 Å². The molecule has 0 bridgehead atoms. The lowest BCUT2D eigenvalue weighted by molar-refractivity contribution is -0.112. The minimum Gasteiger partial charge on any atom is -0.493 e. The predicted octanol–water partition coefficient (Wildman–Crippen LogP) is 6.61. The molecule has 1 amide bonds. The standard InChI is InChI=1S/C32H42N2O3/c1-34(30-16-18-36-19-17-30)22-24-10-13-29(14-11-24)33-32(35)27-9-5-8-26-12-15-31(21-28(26)20-27)37-23-25-6-3-2-4-7-25/h10-15,20-21,25,30H,2-9,16-19,22-23H2,1H3,(H,33,35). The molecule has 198 valence electrons. The molecule has 0 radical (unpaired) electrons. The Kier molecular flexibility index (Phi) is 8.96. The van der Waals surface area contributed by atoms with Crippen LogP contribution in [0.1, 0.15) is 74.5 Å². The van der Waals surface area contributed by atoms with Gasteiger partial charge in [-0.3, -0.25) is 9.69 Å². The lowest BCUT2D eigenvalue weighted by atomic mass is 9.90. The average molecular weight is 503 g/mol. The van der Waals surface area contributed by atoms with E-state index in [1.54, 1.807) is 0 Å². The second-order valence-electron chi connectivity index (χ2n) is 11.1. The summed E-state index contributed by atoms with van der Waals surface area (Å²) in [4.78, 5) is 15.6. The van der Waals surface area contributed by atoms with Gasteiger partial charge in [-0.05, 0) is 105 Å². The Bertz CT molecular complexity index is 1070. The first-order valence-electron chi connectivity index (χ1n) is 14.3. The molecule has 1 aliphatic heterocycles. The molecule has 2 aliphatic carbocycles. The lowest BCUT2D eigenvalue weighted by Crippen LogP contribution is -2.36. The first kappa shape index (κ1) is 26.0. The van der Waals surface area contributed by atoms with Crippen LogP contribution in [0.2, 0.25) is 0 Å². The number of carbonyl (C=O) groups is 1.